The maximum absolute atomic E-state index is 12.1. The van der Waals surface area contributed by atoms with Gasteiger partial charge in [-0.15, -0.1) is 15.2 Å². The minimum absolute atomic E-state index is 0.233. The van der Waals surface area contributed by atoms with Gasteiger partial charge in [0.25, 0.3) is 0 Å². The van der Waals surface area contributed by atoms with Gasteiger partial charge in [0.05, 0.1) is 5.75 Å². The molecular formula is C6H6BrFO2S2. The fourth-order valence-electron chi connectivity index (χ4n) is 0.718. The third-order valence-electron chi connectivity index (χ3n) is 1.26. The number of aryl methyl sites for hydroxylation is 1. The van der Waals surface area contributed by atoms with Crippen LogP contribution >= 0.6 is 27.3 Å². The van der Waals surface area contributed by atoms with Crippen molar-refractivity contribution in [2.24, 2.45) is 0 Å². The molecule has 0 N–H and O–H groups in total. The van der Waals surface area contributed by atoms with Crippen LogP contribution in [0.3, 0.4) is 0 Å². The van der Waals surface area contributed by atoms with Gasteiger partial charge in [0, 0.05) is 9.35 Å². The lowest BCUT2D eigenvalue weighted by Gasteiger charge is -1.93. The van der Waals surface area contributed by atoms with Crippen molar-refractivity contribution in [1.82, 2.24) is 0 Å². The zero-order chi connectivity index (χ0) is 9.19. The molecule has 1 aromatic heterocycles. The second kappa shape index (κ2) is 3.85. The lowest BCUT2D eigenvalue weighted by Crippen LogP contribution is -2.00. The maximum Gasteiger partial charge on any atom is 0.302 e. The van der Waals surface area contributed by atoms with Crippen molar-refractivity contribution in [3.05, 3.63) is 20.8 Å². The van der Waals surface area contributed by atoms with Crippen molar-refractivity contribution in [2.45, 2.75) is 6.42 Å². The van der Waals surface area contributed by atoms with Gasteiger partial charge in [0.15, 0.2) is 0 Å². The first kappa shape index (κ1) is 10.1. The van der Waals surface area contributed by atoms with Gasteiger partial charge in [0.1, 0.15) is 0 Å². The van der Waals surface area contributed by atoms with E-state index in [0.717, 1.165) is 9.35 Å². The second-order valence-electron chi connectivity index (χ2n) is 2.18. The molecule has 1 rings (SSSR count). The Bertz CT molecular complexity index is 357. The molecule has 0 radical (unpaired) electrons. The van der Waals surface area contributed by atoms with E-state index in [0.29, 0.717) is 0 Å². The molecule has 0 aliphatic rings. The molecule has 0 aromatic carbocycles. The maximum atomic E-state index is 12.1. The van der Waals surface area contributed by atoms with Gasteiger partial charge in [-0.2, -0.15) is 8.42 Å². The van der Waals surface area contributed by atoms with Crippen LogP contribution < -0.4 is 0 Å². The summed E-state index contributed by atoms with van der Waals surface area (Å²) in [6, 6.07) is 1.81. The third-order valence-corrected chi connectivity index (χ3v) is 3.94. The summed E-state index contributed by atoms with van der Waals surface area (Å²) in [4.78, 5) is 0.858. The van der Waals surface area contributed by atoms with Gasteiger partial charge in [-0.25, -0.2) is 0 Å². The number of hydrogen-bond acceptors (Lipinski definition) is 3. The third kappa shape index (κ3) is 3.20. The molecule has 0 spiro atoms. The first-order chi connectivity index (χ1) is 5.49. The molecular weight excluding hydrogens is 267 g/mol. The van der Waals surface area contributed by atoms with Crippen molar-refractivity contribution in [3.63, 3.8) is 0 Å². The molecule has 1 heterocycles. The Labute approximate surface area is 82.8 Å². The van der Waals surface area contributed by atoms with Crippen molar-refractivity contribution >= 4 is 37.5 Å². The Morgan fingerprint density at radius 1 is 1.58 bits per heavy atom. The molecule has 0 saturated heterocycles. The monoisotopic (exact) mass is 272 g/mol. The minimum atomic E-state index is -4.33. The number of thiophene rings is 1. The Kier molecular flexibility index (Phi) is 3.25. The van der Waals surface area contributed by atoms with Crippen LogP contribution in [0.15, 0.2) is 15.9 Å². The minimum Gasteiger partial charge on any atom is -0.195 e. The first-order valence-corrected chi connectivity index (χ1v) is 6.36. The standard InChI is InChI=1S/C6H6BrFO2S2/c7-5-1-3-11-6(5)2-4-12(8,9)10/h1,3H,2,4H2. The van der Waals surface area contributed by atoms with Crippen LogP contribution in [0.25, 0.3) is 0 Å². The SMILES string of the molecule is O=S(=O)(F)CCc1sccc1Br. The van der Waals surface area contributed by atoms with E-state index in [4.69, 9.17) is 0 Å². The lowest BCUT2D eigenvalue weighted by atomic mass is 10.4. The van der Waals surface area contributed by atoms with Gasteiger partial charge in [-0.1, -0.05) is 0 Å². The average molecular weight is 273 g/mol. The number of halogens is 2. The van der Waals surface area contributed by atoms with E-state index < -0.39 is 16.0 Å². The Morgan fingerprint density at radius 3 is 2.67 bits per heavy atom. The van der Waals surface area contributed by atoms with E-state index in [2.05, 4.69) is 15.9 Å². The van der Waals surface area contributed by atoms with Crippen LogP contribution in [0, 0.1) is 0 Å². The first-order valence-electron chi connectivity index (χ1n) is 3.13. The van der Waals surface area contributed by atoms with Crippen molar-refractivity contribution < 1.29 is 12.3 Å². The largest absolute Gasteiger partial charge is 0.302 e. The summed E-state index contributed by atoms with van der Waals surface area (Å²) in [5.74, 6) is -0.438. The molecule has 0 atom stereocenters. The van der Waals surface area contributed by atoms with E-state index in [1.165, 1.54) is 11.3 Å². The van der Waals surface area contributed by atoms with Crippen LogP contribution in [0.1, 0.15) is 4.88 Å². The zero-order valence-corrected chi connectivity index (χ0v) is 9.18. The highest BCUT2D eigenvalue weighted by Crippen LogP contribution is 2.23. The van der Waals surface area contributed by atoms with Gasteiger partial charge in [0.2, 0.25) is 0 Å². The summed E-state index contributed by atoms with van der Waals surface area (Å²) >= 11 is 4.64. The highest BCUT2D eigenvalue weighted by atomic mass is 79.9. The molecule has 68 valence electrons. The predicted molar refractivity (Wildman–Crippen MR) is 50.6 cm³/mol. The normalized spacial score (nSPS) is 11.8. The summed E-state index contributed by atoms with van der Waals surface area (Å²) in [6.45, 7) is 0. The Balaban J connectivity index is 2.61. The van der Waals surface area contributed by atoms with Crippen LogP contribution in [-0.4, -0.2) is 14.2 Å². The van der Waals surface area contributed by atoms with Crippen LogP contribution in [0.5, 0.6) is 0 Å². The van der Waals surface area contributed by atoms with Gasteiger partial charge >= 0.3 is 10.2 Å². The number of rotatable bonds is 3. The molecule has 0 fully saturated rings. The van der Waals surface area contributed by atoms with Crippen molar-refractivity contribution in [3.8, 4) is 0 Å². The topological polar surface area (TPSA) is 34.1 Å². The fraction of sp³-hybridized carbons (Fsp3) is 0.333. The van der Waals surface area contributed by atoms with E-state index in [1.807, 2.05) is 11.4 Å². The smallest absolute Gasteiger partial charge is 0.195 e. The van der Waals surface area contributed by atoms with Crippen molar-refractivity contribution in [1.29, 1.82) is 0 Å². The molecule has 0 aliphatic carbocycles. The van der Waals surface area contributed by atoms with E-state index in [-0.39, 0.29) is 6.42 Å². The molecule has 0 unspecified atom stereocenters. The van der Waals surface area contributed by atoms with E-state index >= 15 is 0 Å². The molecule has 0 amide bonds. The highest BCUT2D eigenvalue weighted by molar-refractivity contribution is 9.10. The molecule has 6 heteroatoms. The molecule has 0 aliphatic heterocycles. The highest BCUT2D eigenvalue weighted by Gasteiger charge is 2.09. The Hall–Kier alpha value is 0.0600. The van der Waals surface area contributed by atoms with E-state index in [9.17, 15) is 12.3 Å². The van der Waals surface area contributed by atoms with Crippen LogP contribution in [-0.2, 0) is 16.6 Å². The summed E-state index contributed by atoms with van der Waals surface area (Å²) in [6.07, 6.45) is 0.233. The second-order valence-corrected chi connectivity index (χ2v) is 5.53. The van der Waals surface area contributed by atoms with Gasteiger partial charge < -0.3 is 0 Å². The summed E-state index contributed by atoms with van der Waals surface area (Å²) in [7, 11) is -4.33. The average Bonchev–Trinajstić information content (AvgIpc) is 2.29. The quantitative estimate of drug-likeness (QED) is 0.792. The molecule has 0 bridgehead atoms. The fourth-order valence-corrected chi connectivity index (χ4v) is 2.85. The molecule has 1 aromatic rings. The van der Waals surface area contributed by atoms with Crippen LogP contribution in [0.2, 0.25) is 0 Å². The summed E-state index contributed by atoms with van der Waals surface area (Å²) in [5.41, 5.74) is 0. The van der Waals surface area contributed by atoms with E-state index in [1.54, 1.807) is 0 Å². The molecule has 0 saturated carbocycles. The van der Waals surface area contributed by atoms with Gasteiger partial charge in [-0.3, -0.25) is 0 Å². The summed E-state index contributed by atoms with van der Waals surface area (Å²) < 4.78 is 33.2. The van der Waals surface area contributed by atoms with Crippen molar-refractivity contribution in [2.75, 3.05) is 5.75 Å². The van der Waals surface area contributed by atoms with Gasteiger partial charge in [-0.05, 0) is 33.8 Å². The zero-order valence-electron chi connectivity index (χ0n) is 5.96. The lowest BCUT2D eigenvalue weighted by molar-refractivity contribution is 0.551. The Morgan fingerprint density at radius 2 is 2.25 bits per heavy atom. The molecule has 2 nitrogen and oxygen atoms in total. The number of hydrogen-bond donors (Lipinski definition) is 0. The predicted octanol–water partition coefficient (Wildman–Crippen LogP) is 2.35. The molecule has 12 heavy (non-hydrogen) atoms. The van der Waals surface area contributed by atoms with Crippen LogP contribution in [0.4, 0.5) is 3.89 Å². The summed E-state index contributed by atoms with van der Waals surface area (Å²) in [5, 5.41) is 1.82.